The van der Waals surface area contributed by atoms with Crippen LogP contribution in [0.5, 0.6) is 5.75 Å². The molecule has 0 aliphatic heterocycles. The maximum absolute atomic E-state index is 12.5. The van der Waals surface area contributed by atoms with Crippen LogP contribution in [-0.4, -0.2) is 27.0 Å². The number of carbonyl (C=O) groups excluding carboxylic acids is 1. The van der Waals surface area contributed by atoms with E-state index in [0.29, 0.717) is 16.5 Å². The van der Waals surface area contributed by atoms with Gasteiger partial charge in [0.25, 0.3) is 5.91 Å². The Morgan fingerprint density at radius 3 is 2.46 bits per heavy atom. The van der Waals surface area contributed by atoms with Crippen LogP contribution in [0.15, 0.2) is 53.4 Å². The van der Waals surface area contributed by atoms with Gasteiger partial charge in [-0.3, -0.25) is 4.79 Å². The van der Waals surface area contributed by atoms with Crippen molar-refractivity contribution in [2.45, 2.75) is 43.0 Å². The molecule has 150 valence electrons. The fraction of sp³-hybridized carbons (Fsp3) is 0.350. The van der Waals surface area contributed by atoms with E-state index in [9.17, 15) is 13.2 Å². The van der Waals surface area contributed by atoms with Crippen molar-refractivity contribution in [2.24, 2.45) is 0 Å². The summed E-state index contributed by atoms with van der Waals surface area (Å²) in [5.41, 5.74) is 0.580. The normalized spacial score (nSPS) is 15.2. The highest BCUT2D eigenvalue weighted by Gasteiger charge is 2.21. The molecule has 0 bridgehead atoms. The summed E-state index contributed by atoms with van der Waals surface area (Å²) < 4.78 is 33.2. The summed E-state index contributed by atoms with van der Waals surface area (Å²) in [4.78, 5) is 12.1. The van der Waals surface area contributed by atoms with E-state index >= 15 is 0 Å². The minimum Gasteiger partial charge on any atom is -0.484 e. The molecule has 1 fully saturated rings. The Labute approximate surface area is 170 Å². The molecule has 1 amide bonds. The molecule has 0 unspecified atom stereocenters. The van der Waals surface area contributed by atoms with Crippen LogP contribution < -0.4 is 14.8 Å². The van der Waals surface area contributed by atoms with Crippen LogP contribution in [0.2, 0.25) is 5.02 Å². The topological polar surface area (TPSA) is 84.5 Å². The Bertz CT molecular complexity index is 910. The highest BCUT2D eigenvalue weighted by molar-refractivity contribution is 7.89. The van der Waals surface area contributed by atoms with Gasteiger partial charge in [-0.1, -0.05) is 36.9 Å². The van der Waals surface area contributed by atoms with Crippen molar-refractivity contribution in [1.82, 2.24) is 4.72 Å². The molecule has 0 atom stereocenters. The lowest BCUT2D eigenvalue weighted by Crippen LogP contribution is -2.36. The summed E-state index contributed by atoms with van der Waals surface area (Å²) in [6, 6.07) is 12.9. The summed E-state index contributed by atoms with van der Waals surface area (Å²) in [5, 5.41) is 3.21. The van der Waals surface area contributed by atoms with E-state index in [0.717, 1.165) is 32.1 Å². The second-order valence-electron chi connectivity index (χ2n) is 6.77. The summed E-state index contributed by atoms with van der Waals surface area (Å²) in [6.45, 7) is -0.196. The van der Waals surface area contributed by atoms with Gasteiger partial charge in [0.2, 0.25) is 10.0 Å². The Balaban J connectivity index is 1.53. The molecule has 0 saturated heterocycles. The Kier molecular flexibility index (Phi) is 6.93. The van der Waals surface area contributed by atoms with Gasteiger partial charge in [0, 0.05) is 16.8 Å². The van der Waals surface area contributed by atoms with Gasteiger partial charge in [0.1, 0.15) is 5.75 Å². The van der Waals surface area contributed by atoms with Crippen LogP contribution in [0.1, 0.15) is 32.1 Å². The number of benzene rings is 2. The van der Waals surface area contributed by atoms with Crippen molar-refractivity contribution in [3.05, 3.63) is 53.6 Å². The van der Waals surface area contributed by atoms with Gasteiger partial charge in [0.15, 0.2) is 6.61 Å². The Morgan fingerprint density at radius 2 is 1.79 bits per heavy atom. The predicted octanol–water partition coefficient (Wildman–Crippen LogP) is 3.97. The molecule has 0 spiro atoms. The largest absolute Gasteiger partial charge is 0.484 e. The Hall–Kier alpha value is -2.09. The molecule has 28 heavy (non-hydrogen) atoms. The zero-order valence-electron chi connectivity index (χ0n) is 15.4. The van der Waals surface area contributed by atoms with E-state index in [1.54, 1.807) is 36.4 Å². The van der Waals surface area contributed by atoms with Crippen molar-refractivity contribution in [2.75, 3.05) is 11.9 Å². The van der Waals surface area contributed by atoms with Crippen molar-refractivity contribution in [3.8, 4) is 5.75 Å². The zero-order valence-corrected chi connectivity index (χ0v) is 16.9. The number of amides is 1. The van der Waals surface area contributed by atoms with Crippen LogP contribution in [0.4, 0.5) is 5.69 Å². The molecule has 0 radical (unpaired) electrons. The first kappa shape index (κ1) is 20.6. The third kappa shape index (κ3) is 5.95. The van der Waals surface area contributed by atoms with E-state index in [-0.39, 0.29) is 23.5 Å². The first-order valence-electron chi connectivity index (χ1n) is 9.23. The van der Waals surface area contributed by atoms with Crippen LogP contribution in [0.3, 0.4) is 0 Å². The number of hydrogen-bond donors (Lipinski definition) is 2. The summed E-state index contributed by atoms with van der Waals surface area (Å²) >= 11 is 5.88. The smallest absolute Gasteiger partial charge is 0.262 e. The van der Waals surface area contributed by atoms with Crippen LogP contribution in [0, 0.1) is 0 Å². The van der Waals surface area contributed by atoms with Crippen LogP contribution >= 0.6 is 11.6 Å². The number of ether oxygens (including phenoxy) is 1. The van der Waals surface area contributed by atoms with E-state index in [1.165, 1.54) is 12.1 Å². The van der Waals surface area contributed by atoms with Crippen molar-refractivity contribution >= 4 is 33.2 Å². The SMILES string of the molecule is O=C(COc1ccc(S(=O)(=O)NC2CCCCC2)cc1)Nc1cccc(Cl)c1. The average Bonchev–Trinajstić information content (AvgIpc) is 2.67. The lowest BCUT2D eigenvalue weighted by molar-refractivity contribution is -0.118. The van der Waals surface area contributed by atoms with Crippen molar-refractivity contribution in [1.29, 1.82) is 0 Å². The number of sulfonamides is 1. The standard InChI is InChI=1S/C20H23ClN2O4S/c21-15-5-4-8-17(13-15)22-20(24)14-27-18-9-11-19(12-10-18)28(25,26)23-16-6-2-1-3-7-16/h4-5,8-13,16,23H,1-3,6-7,14H2,(H,22,24). The predicted molar refractivity (Wildman–Crippen MR) is 109 cm³/mol. The molecule has 0 heterocycles. The van der Waals surface area contributed by atoms with E-state index < -0.39 is 10.0 Å². The molecule has 1 aliphatic carbocycles. The van der Waals surface area contributed by atoms with Gasteiger partial charge >= 0.3 is 0 Å². The van der Waals surface area contributed by atoms with Gasteiger partial charge in [0.05, 0.1) is 4.90 Å². The van der Waals surface area contributed by atoms with E-state index in [4.69, 9.17) is 16.3 Å². The number of hydrogen-bond acceptors (Lipinski definition) is 4. The number of anilines is 1. The van der Waals surface area contributed by atoms with Gasteiger partial charge in [-0.15, -0.1) is 0 Å². The first-order chi connectivity index (χ1) is 13.4. The fourth-order valence-electron chi connectivity index (χ4n) is 3.14. The third-order valence-electron chi connectivity index (χ3n) is 4.54. The lowest BCUT2D eigenvalue weighted by Gasteiger charge is -2.22. The minimum absolute atomic E-state index is 0.00450. The number of nitrogens with one attached hydrogen (secondary N) is 2. The third-order valence-corrected chi connectivity index (χ3v) is 6.31. The number of rotatable bonds is 7. The molecular formula is C20H23ClN2O4S. The second-order valence-corrected chi connectivity index (χ2v) is 8.93. The summed E-state index contributed by atoms with van der Waals surface area (Å²) in [7, 11) is -3.55. The van der Waals surface area contributed by atoms with Crippen molar-refractivity contribution < 1.29 is 17.9 Å². The fourth-order valence-corrected chi connectivity index (χ4v) is 4.63. The minimum atomic E-state index is -3.55. The van der Waals surface area contributed by atoms with E-state index in [2.05, 4.69) is 10.0 Å². The number of carbonyl (C=O) groups is 1. The number of halogens is 1. The summed E-state index contributed by atoms with van der Waals surface area (Å²) in [5.74, 6) is 0.0794. The van der Waals surface area contributed by atoms with Gasteiger partial charge in [-0.05, 0) is 55.3 Å². The molecule has 8 heteroatoms. The van der Waals surface area contributed by atoms with Gasteiger partial charge in [-0.2, -0.15) is 0 Å². The summed E-state index contributed by atoms with van der Waals surface area (Å²) in [6.07, 6.45) is 5.02. The molecule has 6 nitrogen and oxygen atoms in total. The van der Waals surface area contributed by atoms with Gasteiger partial charge < -0.3 is 10.1 Å². The molecular weight excluding hydrogens is 400 g/mol. The molecule has 2 aromatic rings. The van der Waals surface area contributed by atoms with Crippen molar-refractivity contribution in [3.63, 3.8) is 0 Å². The molecule has 2 aromatic carbocycles. The van der Waals surface area contributed by atoms with Crippen LogP contribution in [-0.2, 0) is 14.8 Å². The quantitative estimate of drug-likeness (QED) is 0.707. The Morgan fingerprint density at radius 1 is 1.07 bits per heavy atom. The molecule has 2 N–H and O–H groups in total. The van der Waals surface area contributed by atoms with Crippen LogP contribution in [0.25, 0.3) is 0 Å². The maximum atomic E-state index is 12.5. The highest BCUT2D eigenvalue weighted by Crippen LogP contribution is 2.21. The van der Waals surface area contributed by atoms with E-state index in [1.807, 2.05) is 0 Å². The highest BCUT2D eigenvalue weighted by atomic mass is 35.5. The second kappa shape index (κ2) is 9.41. The first-order valence-corrected chi connectivity index (χ1v) is 11.1. The zero-order chi connectivity index (χ0) is 20.0. The maximum Gasteiger partial charge on any atom is 0.262 e. The molecule has 0 aromatic heterocycles. The molecule has 3 rings (SSSR count). The van der Waals surface area contributed by atoms with Gasteiger partial charge in [-0.25, -0.2) is 13.1 Å². The lowest BCUT2D eigenvalue weighted by atomic mass is 9.96. The molecule has 1 saturated carbocycles. The molecule has 1 aliphatic rings. The average molecular weight is 423 g/mol. The monoisotopic (exact) mass is 422 g/mol.